The fourth-order valence-corrected chi connectivity index (χ4v) is 2.48. The van der Waals surface area contributed by atoms with Gasteiger partial charge in [-0.05, 0) is 33.0 Å². The first-order chi connectivity index (χ1) is 7.49. The first-order valence-corrected chi connectivity index (χ1v) is 6.08. The first-order valence-electron chi connectivity index (χ1n) is 6.08. The second-order valence-corrected chi connectivity index (χ2v) is 5.74. The molecule has 1 fully saturated rings. The Labute approximate surface area is 98.9 Å². The summed E-state index contributed by atoms with van der Waals surface area (Å²) in [5, 5.41) is 18.5. The minimum atomic E-state index is -0.376. The molecule has 4 heteroatoms. The van der Waals surface area contributed by atoms with Crippen LogP contribution in [-0.2, 0) is 0 Å². The van der Waals surface area contributed by atoms with Gasteiger partial charge in [0.05, 0.1) is 13.2 Å². The lowest BCUT2D eigenvalue weighted by Gasteiger charge is -2.31. The highest BCUT2D eigenvalue weighted by Gasteiger charge is 2.27. The van der Waals surface area contributed by atoms with Crippen molar-refractivity contribution in [1.29, 1.82) is 0 Å². The second kappa shape index (κ2) is 5.96. The Morgan fingerprint density at radius 2 is 2.00 bits per heavy atom. The van der Waals surface area contributed by atoms with Crippen molar-refractivity contribution < 1.29 is 10.2 Å². The van der Waals surface area contributed by atoms with E-state index in [-0.39, 0.29) is 18.6 Å². The maximum atomic E-state index is 9.24. The molecule has 1 heterocycles. The molecule has 1 atom stereocenters. The summed E-state index contributed by atoms with van der Waals surface area (Å²) in [6, 6.07) is 0. The average Bonchev–Trinajstić information content (AvgIpc) is 2.63. The van der Waals surface area contributed by atoms with Crippen LogP contribution in [0.5, 0.6) is 0 Å². The maximum absolute atomic E-state index is 9.24. The van der Waals surface area contributed by atoms with Crippen LogP contribution in [-0.4, -0.2) is 73.5 Å². The summed E-state index contributed by atoms with van der Waals surface area (Å²) in [6.45, 7) is 6.16. The standard InChI is InChI=1S/C12H26N2O2/c1-12(9-15,10-16)8-14(3)7-11-4-5-13(2)6-11/h11,15-16H,4-10H2,1-3H3. The van der Waals surface area contributed by atoms with Crippen molar-refractivity contribution >= 4 is 0 Å². The van der Waals surface area contributed by atoms with Gasteiger partial charge in [-0.2, -0.15) is 0 Å². The normalized spacial score (nSPS) is 23.2. The van der Waals surface area contributed by atoms with Gasteiger partial charge in [-0.15, -0.1) is 0 Å². The SMILES string of the molecule is CN1CCC(CN(C)CC(C)(CO)CO)C1. The first kappa shape index (κ1) is 13.9. The van der Waals surface area contributed by atoms with Gasteiger partial charge in [0.15, 0.2) is 0 Å². The number of aliphatic hydroxyl groups excluding tert-OH is 2. The van der Waals surface area contributed by atoms with Crippen LogP contribution in [0.3, 0.4) is 0 Å². The summed E-state index contributed by atoms with van der Waals surface area (Å²) in [4.78, 5) is 4.59. The zero-order valence-electron chi connectivity index (χ0n) is 10.8. The van der Waals surface area contributed by atoms with Gasteiger partial charge in [0.25, 0.3) is 0 Å². The smallest absolute Gasteiger partial charge is 0.0519 e. The van der Waals surface area contributed by atoms with Crippen molar-refractivity contribution in [2.24, 2.45) is 11.3 Å². The average molecular weight is 230 g/mol. The van der Waals surface area contributed by atoms with Crippen LogP contribution < -0.4 is 0 Å². The zero-order valence-corrected chi connectivity index (χ0v) is 10.8. The van der Waals surface area contributed by atoms with E-state index in [0.717, 1.165) is 19.0 Å². The van der Waals surface area contributed by atoms with Gasteiger partial charge in [-0.25, -0.2) is 0 Å². The van der Waals surface area contributed by atoms with E-state index in [1.807, 2.05) is 6.92 Å². The summed E-state index contributed by atoms with van der Waals surface area (Å²) in [5.74, 6) is 0.733. The lowest BCUT2D eigenvalue weighted by molar-refractivity contribution is 0.0387. The van der Waals surface area contributed by atoms with Gasteiger partial charge in [0.1, 0.15) is 0 Å². The third-order valence-corrected chi connectivity index (χ3v) is 3.47. The molecule has 4 nitrogen and oxygen atoms in total. The van der Waals surface area contributed by atoms with Crippen molar-refractivity contribution in [2.75, 3.05) is 53.5 Å². The summed E-state index contributed by atoms with van der Waals surface area (Å²) in [6.07, 6.45) is 1.26. The molecular weight excluding hydrogens is 204 g/mol. The monoisotopic (exact) mass is 230 g/mol. The maximum Gasteiger partial charge on any atom is 0.0519 e. The van der Waals surface area contributed by atoms with Crippen LogP contribution in [0.2, 0.25) is 0 Å². The number of likely N-dealkylation sites (tertiary alicyclic amines) is 1. The Bertz CT molecular complexity index is 207. The van der Waals surface area contributed by atoms with E-state index >= 15 is 0 Å². The highest BCUT2D eigenvalue weighted by Crippen LogP contribution is 2.19. The lowest BCUT2D eigenvalue weighted by atomic mass is 9.92. The van der Waals surface area contributed by atoms with Crippen LogP contribution in [0.1, 0.15) is 13.3 Å². The molecule has 96 valence electrons. The molecule has 0 aromatic carbocycles. The van der Waals surface area contributed by atoms with Crippen molar-refractivity contribution in [3.63, 3.8) is 0 Å². The number of rotatable bonds is 6. The lowest BCUT2D eigenvalue weighted by Crippen LogP contribution is -2.41. The molecule has 0 amide bonds. The third-order valence-electron chi connectivity index (χ3n) is 3.47. The molecule has 2 N–H and O–H groups in total. The van der Waals surface area contributed by atoms with Crippen LogP contribution >= 0.6 is 0 Å². The Morgan fingerprint density at radius 1 is 1.38 bits per heavy atom. The minimum Gasteiger partial charge on any atom is -0.396 e. The van der Waals surface area contributed by atoms with Gasteiger partial charge in [0.2, 0.25) is 0 Å². The molecule has 0 radical (unpaired) electrons. The Hall–Kier alpha value is -0.160. The van der Waals surface area contributed by atoms with E-state index in [9.17, 15) is 10.2 Å². The number of hydrogen-bond acceptors (Lipinski definition) is 4. The van der Waals surface area contributed by atoms with Gasteiger partial charge < -0.3 is 20.0 Å². The topological polar surface area (TPSA) is 46.9 Å². The van der Waals surface area contributed by atoms with E-state index in [2.05, 4.69) is 23.9 Å². The van der Waals surface area contributed by atoms with Crippen LogP contribution in [0.15, 0.2) is 0 Å². The largest absolute Gasteiger partial charge is 0.396 e. The van der Waals surface area contributed by atoms with Gasteiger partial charge in [-0.1, -0.05) is 6.92 Å². The predicted molar refractivity (Wildman–Crippen MR) is 65.4 cm³/mol. The highest BCUT2D eigenvalue weighted by molar-refractivity contribution is 4.80. The van der Waals surface area contributed by atoms with Crippen molar-refractivity contribution in [2.45, 2.75) is 13.3 Å². The predicted octanol–water partition coefficient (Wildman–Crippen LogP) is -0.139. The van der Waals surface area contributed by atoms with Crippen molar-refractivity contribution in [3.8, 4) is 0 Å². The Morgan fingerprint density at radius 3 is 2.44 bits per heavy atom. The molecular formula is C12H26N2O2. The summed E-state index contributed by atoms with van der Waals surface area (Å²) >= 11 is 0. The molecule has 1 saturated heterocycles. The molecule has 0 spiro atoms. The summed E-state index contributed by atoms with van der Waals surface area (Å²) in [5.41, 5.74) is -0.376. The molecule has 0 aromatic rings. The third kappa shape index (κ3) is 4.01. The van der Waals surface area contributed by atoms with Crippen molar-refractivity contribution in [3.05, 3.63) is 0 Å². The molecule has 1 rings (SSSR count). The summed E-state index contributed by atoms with van der Waals surface area (Å²) < 4.78 is 0. The number of hydrogen-bond donors (Lipinski definition) is 2. The fourth-order valence-electron chi connectivity index (χ4n) is 2.48. The van der Waals surface area contributed by atoms with Crippen LogP contribution in [0, 0.1) is 11.3 Å². The van der Waals surface area contributed by atoms with Gasteiger partial charge in [0, 0.05) is 25.0 Å². The number of aliphatic hydroxyl groups is 2. The number of nitrogens with zero attached hydrogens (tertiary/aromatic N) is 2. The minimum absolute atomic E-state index is 0.0401. The molecule has 1 aliphatic heterocycles. The molecule has 16 heavy (non-hydrogen) atoms. The molecule has 0 aliphatic carbocycles. The Balaban J connectivity index is 2.32. The molecule has 0 saturated carbocycles. The highest BCUT2D eigenvalue weighted by atomic mass is 16.3. The van der Waals surface area contributed by atoms with Crippen LogP contribution in [0.25, 0.3) is 0 Å². The molecule has 1 aliphatic rings. The second-order valence-electron chi connectivity index (χ2n) is 5.74. The van der Waals surface area contributed by atoms with Crippen molar-refractivity contribution in [1.82, 2.24) is 9.80 Å². The van der Waals surface area contributed by atoms with E-state index in [0.29, 0.717) is 0 Å². The van der Waals surface area contributed by atoms with Gasteiger partial charge >= 0.3 is 0 Å². The molecule has 0 aromatic heterocycles. The van der Waals surface area contributed by atoms with E-state index in [4.69, 9.17) is 0 Å². The molecule has 1 unspecified atom stereocenters. The Kier molecular flexibility index (Phi) is 5.18. The molecule has 0 bridgehead atoms. The zero-order chi connectivity index (χ0) is 12.2. The van der Waals surface area contributed by atoms with E-state index < -0.39 is 0 Å². The quantitative estimate of drug-likeness (QED) is 0.667. The van der Waals surface area contributed by atoms with Gasteiger partial charge in [-0.3, -0.25) is 0 Å². The summed E-state index contributed by atoms with van der Waals surface area (Å²) in [7, 11) is 4.23. The van der Waals surface area contributed by atoms with E-state index in [1.54, 1.807) is 0 Å². The fraction of sp³-hybridized carbons (Fsp3) is 1.00. The van der Waals surface area contributed by atoms with Crippen LogP contribution in [0.4, 0.5) is 0 Å². The van der Waals surface area contributed by atoms with E-state index in [1.165, 1.54) is 19.5 Å².